The summed E-state index contributed by atoms with van der Waals surface area (Å²) >= 11 is 5.03. The lowest BCUT2D eigenvalue weighted by atomic mass is 9.75. The molecule has 1 unspecified atom stereocenters. The van der Waals surface area contributed by atoms with Crippen LogP contribution in [-0.2, 0) is 4.74 Å². The van der Waals surface area contributed by atoms with E-state index in [-0.39, 0.29) is 11.5 Å². The predicted octanol–water partition coefficient (Wildman–Crippen LogP) is 4.82. The zero-order valence-corrected chi connectivity index (χ0v) is 13.4. The summed E-state index contributed by atoms with van der Waals surface area (Å²) in [5.74, 6) is 0.469. The van der Waals surface area contributed by atoms with Gasteiger partial charge in [-0.3, -0.25) is 4.79 Å². The SMILES string of the molecule is O=C(c1sccc1Br)C1CCOC2(CCCCC2)C1. The third-order valence-electron chi connectivity index (χ3n) is 4.47. The molecule has 0 bridgehead atoms. The van der Waals surface area contributed by atoms with Crippen molar-refractivity contribution in [2.75, 3.05) is 6.61 Å². The third kappa shape index (κ3) is 2.81. The van der Waals surface area contributed by atoms with Crippen LogP contribution in [0.4, 0.5) is 0 Å². The molecule has 19 heavy (non-hydrogen) atoms. The lowest BCUT2D eigenvalue weighted by Crippen LogP contribution is -2.43. The van der Waals surface area contributed by atoms with Crippen molar-refractivity contribution in [3.63, 3.8) is 0 Å². The molecule has 2 nitrogen and oxygen atoms in total. The van der Waals surface area contributed by atoms with Crippen molar-refractivity contribution in [1.82, 2.24) is 0 Å². The second-order valence-corrected chi connectivity index (χ2v) is 7.51. The molecule has 0 amide bonds. The average Bonchev–Trinajstić information content (AvgIpc) is 2.85. The Hall–Kier alpha value is -0.190. The maximum absolute atomic E-state index is 12.6. The van der Waals surface area contributed by atoms with Crippen molar-refractivity contribution < 1.29 is 9.53 Å². The Kier molecular flexibility index (Phi) is 4.11. The van der Waals surface area contributed by atoms with E-state index in [0.29, 0.717) is 5.78 Å². The number of halogens is 1. The number of hydrogen-bond acceptors (Lipinski definition) is 3. The Balaban J connectivity index is 1.74. The molecule has 1 aliphatic carbocycles. The molecule has 2 aliphatic rings. The summed E-state index contributed by atoms with van der Waals surface area (Å²) in [7, 11) is 0. The summed E-state index contributed by atoms with van der Waals surface area (Å²) in [6, 6.07) is 1.97. The van der Waals surface area contributed by atoms with E-state index in [4.69, 9.17) is 4.74 Å². The number of Topliss-reactive ketones (excluding diaryl/α,β-unsaturated/α-hetero) is 1. The monoisotopic (exact) mass is 342 g/mol. The van der Waals surface area contributed by atoms with Crippen LogP contribution in [0.5, 0.6) is 0 Å². The number of rotatable bonds is 2. The maximum atomic E-state index is 12.6. The highest BCUT2D eigenvalue weighted by Crippen LogP contribution is 2.42. The highest BCUT2D eigenvalue weighted by Gasteiger charge is 2.41. The van der Waals surface area contributed by atoms with Gasteiger partial charge in [0.25, 0.3) is 0 Å². The standard InChI is InChI=1S/C15H19BrO2S/c16-12-5-9-19-14(12)13(17)11-4-8-18-15(10-11)6-2-1-3-7-15/h5,9,11H,1-4,6-8,10H2. The molecular weight excluding hydrogens is 324 g/mol. The van der Waals surface area contributed by atoms with E-state index >= 15 is 0 Å². The molecule has 0 radical (unpaired) electrons. The highest BCUT2D eigenvalue weighted by atomic mass is 79.9. The van der Waals surface area contributed by atoms with Crippen LogP contribution in [0.1, 0.15) is 54.6 Å². The molecule has 1 aromatic rings. The largest absolute Gasteiger partial charge is 0.375 e. The first-order valence-electron chi connectivity index (χ1n) is 7.11. The molecule has 4 heteroatoms. The fraction of sp³-hybridized carbons (Fsp3) is 0.667. The Bertz CT molecular complexity index is 457. The number of ketones is 1. The summed E-state index contributed by atoms with van der Waals surface area (Å²) < 4.78 is 7.02. The van der Waals surface area contributed by atoms with Gasteiger partial charge in [-0.05, 0) is 53.1 Å². The summed E-state index contributed by atoms with van der Waals surface area (Å²) in [5, 5.41) is 1.98. The first-order chi connectivity index (χ1) is 9.20. The molecule has 104 valence electrons. The molecule has 2 heterocycles. The molecule has 2 fully saturated rings. The van der Waals surface area contributed by atoms with Crippen LogP contribution in [0.3, 0.4) is 0 Å². The summed E-state index contributed by atoms with van der Waals surface area (Å²) in [6.07, 6.45) is 7.92. The van der Waals surface area contributed by atoms with Gasteiger partial charge in [-0.25, -0.2) is 0 Å². The molecule has 3 rings (SSSR count). The van der Waals surface area contributed by atoms with Gasteiger partial charge in [0.15, 0.2) is 5.78 Å². The normalized spacial score (nSPS) is 26.5. The molecule has 1 saturated heterocycles. The molecular formula is C15H19BrO2S. The highest BCUT2D eigenvalue weighted by molar-refractivity contribution is 9.10. The topological polar surface area (TPSA) is 26.3 Å². The number of carbonyl (C=O) groups excluding carboxylic acids is 1. The molecule has 1 aromatic heterocycles. The Morgan fingerprint density at radius 1 is 1.37 bits per heavy atom. The van der Waals surface area contributed by atoms with Gasteiger partial charge in [-0.2, -0.15) is 0 Å². The van der Waals surface area contributed by atoms with Crippen molar-refractivity contribution in [3.05, 3.63) is 20.8 Å². The Morgan fingerprint density at radius 2 is 2.16 bits per heavy atom. The van der Waals surface area contributed by atoms with Crippen molar-refractivity contribution in [1.29, 1.82) is 0 Å². The number of thiophene rings is 1. The molecule has 0 aromatic carbocycles. The van der Waals surface area contributed by atoms with E-state index in [2.05, 4.69) is 15.9 Å². The quantitative estimate of drug-likeness (QED) is 0.720. The van der Waals surface area contributed by atoms with Gasteiger partial charge in [-0.15, -0.1) is 11.3 Å². The predicted molar refractivity (Wildman–Crippen MR) is 80.8 cm³/mol. The lowest BCUT2D eigenvalue weighted by Gasteiger charge is -2.43. The van der Waals surface area contributed by atoms with E-state index in [9.17, 15) is 4.79 Å². The van der Waals surface area contributed by atoms with Crippen molar-refractivity contribution in [2.45, 2.75) is 50.5 Å². The van der Waals surface area contributed by atoms with E-state index in [1.165, 1.54) is 19.3 Å². The molecule has 1 aliphatic heterocycles. The molecule has 1 spiro atoms. The second kappa shape index (κ2) is 5.66. The van der Waals surface area contributed by atoms with Crippen LogP contribution in [0.25, 0.3) is 0 Å². The molecule has 1 atom stereocenters. The van der Waals surface area contributed by atoms with E-state index in [1.54, 1.807) is 11.3 Å². The Labute approximate surface area is 126 Å². The van der Waals surface area contributed by atoms with Gasteiger partial charge in [0.05, 0.1) is 10.5 Å². The molecule has 1 saturated carbocycles. The fourth-order valence-electron chi connectivity index (χ4n) is 3.45. The van der Waals surface area contributed by atoms with Gasteiger partial charge in [0.1, 0.15) is 0 Å². The van der Waals surface area contributed by atoms with Gasteiger partial charge in [0, 0.05) is 17.0 Å². The van der Waals surface area contributed by atoms with Crippen LogP contribution in [0.2, 0.25) is 0 Å². The number of carbonyl (C=O) groups is 1. The lowest BCUT2D eigenvalue weighted by molar-refractivity contribution is -0.111. The van der Waals surface area contributed by atoms with Crippen LogP contribution in [-0.4, -0.2) is 18.0 Å². The summed E-state index contributed by atoms with van der Waals surface area (Å²) in [6.45, 7) is 0.749. The van der Waals surface area contributed by atoms with Gasteiger partial charge in [0.2, 0.25) is 0 Å². The minimum atomic E-state index is 0.0144. The smallest absolute Gasteiger partial charge is 0.177 e. The van der Waals surface area contributed by atoms with E-state index in [1.807, 2.05) is 11.4 Å². The first kappa shape index (κ1) is 13.8. The van der Waals surface area contributed by atoms with Gasteiger partial charge >= 0.3 is 0 Å². The summed E-state index contributed by atoms with van der Waals surface area (Å²) in [4.78, 5) is 13.5. The van der Waals surface area contributed by atoms with Gasteiger partial charge < -0.3 is 4.74 Å². The van der Waals surface area contributed by atoms with Crippen LogP contribution < -0.4 is 0 Å². The van der Waals surface area contributed by atoms with Crippen LogP contribution >= 0.6 is 27.3 Å². The van der Waals surface area contributed by atoms with Crippen LogP contribution in [0, 0.1) is 5.92 Å². The van der Waals surface area contributed by atoms with Crippen LogP contribution in [0.15, 0.2) is 15.9 Å². The zero-order chi connectivity index (χ0) is 13.3. The van der Waals surface area contributed by atoms with Crippen molar-refractivity contribution in [2.24, 2.45) is 5.92 Å². The average molecular weight is 343 g/mol. The zero-order valence-electron chi connectivity index (χ0n) is 11.0. The van der Waals surface area contributed by atoms with Crippen molar-refractivity contribution >= 4 is 33.0 Å². The fourth-order valence-corrected chi connectivity index (χ4v) is 5.04. The summed E-state index contributed by atoms with van der Waals surface area (Å²) in [5.41, 5.74) is 0.0144. The minimum Gasteiger partial charge on any atom is -0.375 e. The number of ether oxygens (including phenoxy) is 1. The minimum absolute atomic E-state index is 0.0144. The van der Waals surface area contributed by atoms with E-state index < -0.39 is 0 Å². The van der Waals surface area contributed by atoms with Gasteiger partial charge in [-0.1, -0.05) is 19.3 Å². The van der Waals surface area contributed by atoms with Crippen molar-refractivity contribution in [3.8, 4) is 0 Å². The second-order valence-electron chi connectivity index (χ2n) is 5.74. The van der Waals surface area contributed by atoms with E-state index in [0.717, 1.165) is 41.6 Å². The number of hydrogen-bond donors (Lipinski definition) is 0. The maximum Gasteiger partial charge on any atom is 0.177 e. The first-order valence-corrected chi connectivity index (χ1v) is 8.79. The third-order valence-corrected chi connectivity index (χ3v) is 6.32. The Morgan fingerprint density at radius 3 is 2.84 bits per heavy atom. The molecule has 0 N–H and O–H groups in total.